The van der Waals surface area contributed by atoms with Crippen LogP contribution in [0, 0.1) is 49.0 Å². The van der Waals surface area contributed by atoms with Gasteiger partial charge in [0.15, 0.2) is 0 Å². The molecule has 184 valence electrons. The second-order valence-electron chi connectivity index (χ2n) is 6.28. The van der Waals surface area contributed by atoms with Gasteiger partial charge in [-0.05, 0) is 98.5 Å². The van der Waals surface area contributed by atoms with Crippen molar-refractivity contribution in [1.29, 1.82) is 10.5 Å². The van der Waals surface area contributed by atoms with E-state index in [0.29, 0.717) is 0 Å². The van der Waals surface area contributed by atoms with Crippen molar-refractivity contribution in [3.05, 3.63) is 120 Å². The fourth-order valence-corrected chi connectivity index (χ4v) is 1.71. The quantitative estimate of drug-likeness (QED) is 0.160. The van der Waals surface area contributed by atoms with E-state index < -0.39 is 0 Å². The average Bonchev–Trinajstić information content (AvgIpc) is 2.83. The molecule has 4 heterocycles. The first-order chi connectivity index (χ1) is 16.4. The number of rotatable bonds is 0. The number of nitriles is 2. The van der Waals surface area contributed by atoms with Gasteiger partial charge in [-0.2, -0.15) is 0 Å². The second kappa shape index (κ2) is 28.5. The Balaban J connectivity index is -0.000000360. The van der Waals surface area contributed by atoms with E-state index in [1.54, 1.807) is 49.6 Å². The molecular formula is C26H28N6NiS2. The SMILES string of the molecule is Cc1ccncc1.Cc1ccncc1.Cc1ccncc1.Cc1ccncc1.N#C[S-].N#C[S-].[Ni+2]. The van der Waals surface area contributed by atoms with E-state index in [-0.39, 0.29) is 16.5 Å². The first-order valence-electron chi connectivity index (χ1n) is 9.90. The van der Waals surface area contributed by atoms with Gasteiger partial charge in [0.25, 0.3) is 0 Å². The van der Waals surface area contributed by atoms with E-state index in [4.69, 9.17) is 10.5 Å². The third kappa shape index (κ3) is 30.5. The molecular weight excluding hydrogens is 519 g/mol. The molecule has 0 bridgehead atoms. The Morgan fingerprint density at radius 2 is 0.571 bits per heavy atom. The molecule has 0 saturated heterocycles. The number of aromatic nitrogens is 4. The Kier molecular flexibility index (Phi) is 29.4. The first-order valence-corrected chi connectivity index (χ1v) is 10.7. The summed E-state index contributed by atoms with van der Waals surface area (Å²) in [7, 11) is 0. The zero-order chi connectivity index (χ0) is 25.9. The molecule has 0 aromatic carbocycles. The van der Waals surface area contributed by atoms with E-state index in [2.05, 4.69) is 45.2 Å². The van der Waals surface area contributed by atoms with Crippen LogP contribution in [0.25, 0.3) is 0 Å². The summed E-state index contributed by atoms with van der Waals surface area (Å²) < 4.78 is 0. The van der Waals surface area contributed by atoms with Crippen molar-refractivity contribution < 1.29 is 16.5 Å². The summed E-state index contributed by atoms with van der Waals surface area (Å²) in [6.07, 6.45) is 14.3. The van der Waals surface area contributed by atoms with Gasteiger partial charge in [-0.15, -0.1) is 0 Å². The minimum absolute atomic E-state index is 0. The molecule has 0 saturated carbocycles. The largest absolute Gasteiger partial charge is 2.00 e. The molecule has 0 atom stereocenters. The molecule has 0 aliphatic carbocycles. The Labute approximate surface area is 230 Å². The Hall–Kier alpha value is -3.49. The minimum atomic E-state index is 0. The van der Waals surface area contributed by atoms with Crippen LogP contribution in [0.15, 0.2) is 98.1 Å². The van der Waals surface area contributed by atoms with Crippen molar-refractivity contribution in [2.24, 2.45) is 0 Å². The molecule has 0 N–H and O–H groups in total. The van der Waals surface area contributed by atoms with E-state index in [1.807, 2.05) is 76.2 Å². The Morgan fingerprint density at radius 3 is 0.629 bits per heavy atom. The maximum atomic E-state index is 7.13. The summed E-state index contributed by atoms with van der Waals surface area (Å²) in [6, 6.07) is 15.8. The molecule has 0 fully saturated rings. The smallest absolute Gasteiger partial charge is 0.696 e. The summed E-state index contributed by atoms with van der Waals surface area (Å²) in [5.74, 6) is 0. The predicted octanol–water partition coefficient (Wildman–Crippen LogP) is 5.59. The molecule has 4 aromatic heterocycles. The summed E-state index contributed by atoms with van der Waals surface area (Å²) in [4.78, 5) is 15.4. The minimum Gasteiger partial charge on any atom is -0.696 e. The molecule has 35 heavy (non-hydrogen) atoms. The predicted molar refractivity (Wildman–Crippen MR) is 142 cm³/mol. The second-order valence-corrected chi connectivity index (χ2v) is 6.65. The van der Waals surface area contributed by atoms with Crippen LogP contribution in [-0.2, 0) is 41.7 Å². The van der Waals surface area contributed by atoms with E-state index in [1.165, 1.54) is 33.1 Å². The van der Waals surface area contributed by atoms with Crippen LogP contribution < -0.4 is 0 Å². The third-order valence-electron chi connectivity index (χ3n) is 3.39. The number of thiocyanates is 2. The zero-order valence-corrected chi connectivity index (χ0v) is 22.7. The molecule has 6 nitrogen and oxygen atoms in total. The molecule has 0 aliphatic rings. The zero-order valence-electron chi connectivity index (χ0n) is 20.1. The van der Waals surface area contributed by atoms with Crippen LogP contribution in [0.2, 0.25) is 0 Å². The van der Waals surface area contributed by atoms with Gasteiger partial charge in [-0.3, -0.25) is 19.9 Å². The van der Waals surface area contributed by atoms with Gasteiger partial charge in [0.2, 0.25) is 0 Å². The van der Waals surface area contributed by atoms with Crippen molar-refractivity contribution in [3.8, 4) is 10.8 Å². The van der Waals surface area contributed by atoms with Crippen LogP contribution in [0.3, 0.4) is 0 Å². The maximum Gasteiger partial charge on any atom is 2.00 e. The van der Waals surface area contributed by atoms with Gasteiger partial charge in [0.05, 0.1) is 0 Å². The van der Waals surface area contributed by atoms with Crippen molar-refractivity contribution in [2.45, 2.75) is 27.7 Å². The number of hydrogen-bond donors (Lipinski definition) is 0. The van der Waals surface area contributed by atoms with Gasteiger partial charge in [-0.25, -0.2) is 10.5 Å². The molecule has 0 amide bonds. The fourth-order valence-electron chi connectivity index (χ4n) is 1.71. The average molecular weight is 547 g/mol. The van der Waals surface area contributed by atoms with Crippen molar-refractivity contribution in [3.63, 3.8) is 0 Å². The normalized spacial score (nSPS) is 7.37. The standard InChI is InChI=1S/4C6H7N.2CHNS.Ni/c4*1-6-2-4-7-5-3-6;2*2-1-3;/h4*2-5H,1H3;2*3H;/q;;;;;;+2/p-2. The van der Waals surface area contributed by atoms with Gasteiger partial charge < -0.3 is 25.3 Å². The monoisotopic (exact) mass is 546 g/mol. The molecule has 0 unspecified atom stereocenters. The molecule has 0 spiro atoms. The van der Waals surface area contributed by atoms with Crippen LogP contribution in [0.4, 0.5) is 0 Å². The molecule has 0 aliphatic heterocycles. The topological polar surface area (TPSA) is 99.1 Å². The van der Waals surface area contributed by atoms with Gasteiger partial charge in [0.1, 0.15) is 0 Å². The van der Waals surface area contributed by atoms with Gasteiger partial charge >= 0.3 is 16.5 Å². The molecule has 0 radical (unpaired) electrons. The summed E-state index contributed by atoms with van der Waals surface area (Å²) in [6.45, 7) is 8.17. The Morgan fingerprint density at radius 1 is 0.457 bits per heavy atom. The fraction of sp³-hybridized carbons (Fsp3) is 0.154. The van der Waals surface area contributed by atoms with E-state index >= 15 is 0 Å². The van der Waals surface area contributed by atoms with Crippen LogP contribution in [-0.4, -0.2) is 19.9 Å². The van der Waals surface area contributed by atoms with Crippen LogP contribution in [0.5, 0.6) is 0 Å². The Bertz CT molecular complexity index is 865. The molecule has 9 heteroatoms. The maximum absolute atomic E-state index is 7.13. The summed E-state index contributed by atoms with van der Waals surface area (Å²) in [5.41, 5.74) is 5.04. The van der Waals surface area contributed by atoms with E-state index in [9.17, 15) is 0 Å². The number of aryl methyl sites for hydroxylation is 4. The van der Waals surface area contributed by atoms with Crippen LogP contribution >= 0.6 is 0 Å². The number of nitrogens with zero attached hydrogens (tertiary/aromatic N) is 6. The first kappa shape index (κ1) is 36.1. The van der Waals surface area contributed by atoms with Crippen molar-refractivity contribution >= 4 is 25.3 Å². The summed E-state index contributed by atoms with van der Waals surface area (Å²) >= 11 is 7.40. The van der Waals surface area contributed by atoms with Gasteiger partial charge in [-0.1, -0.05) is 10.8 Å². The van der Waals surface area contributed by atoms with Gasteiger partial charge in [0, 0.05) is 49.6 Å². The van der Waals surface area contributed by atoms with Crippen LogP contribution in [0.1, 0.15) is 22.3 Å². The number of pyridine rings is 4. The molecule has 4 aromatic rings. The number of hydrogen-bond acceptors (Lipinski definition) is 8. The summed E-state index contributed by atoms with van der Waals surface area (Å²) in [5, 5.41) is 16.9. The molecule has 4 rings (SSSR count). The van der Waals surface area contributed by atoms with E-state index in [0.717, 1.165) is 0 Å². The van der Waals surface area contributed by atoms with Crippen molar-refractivity contribution in [1.82, 2.24) is 19.9 Å². The van der Waals surface area contributed by atoms with Crippen molar-refractivity contribution in [2.75, 3.05) is 0 Å². The third-order valence-corrected chi connectivity index (χ3v) is 3.39.